The maximum absolute atomic E-state index is 13.4. The van der Waals surface area contributed by atoms with Gasteiger partial charge in [-0.1, -0.05) is 0 Å². The molecule has 0 saturated carbocycles. The Morgan fingerprint density at radius 1 is 1.35 bits per heavy atom. The fourth-order valence-electron chi connectivity index (χ4n) is 5.33. The molecule has 2 fully saturated rings. The number of allylic oxidation sites excluding steroid dienone is 3. The first-order chi connectivity index (χ1) is 16.4. The van der Waals surface area contributed by atoms with Crippen molar-refractivity contribution in [2.24, 2.45) is 7.05 Å². The fourth-order valence-corrected chi connectivity index (χ4v) is 5.33. The van der Waals surface area contributed by atoms with Crippen LogP contribution in [-0.2, 0) is 11.8 Å². The normalized spacial score (nSPS) is 23.7. The van der Waals surface area contributed by atoms with Crippen LogP contribution in [0, 0.1) is 5.41 Å². The second-order valence-electron chi connectivity index (χ2n) is 9.27. The van der Waals surface area contributed by atoms with Crippen molar-refractivity contribution >= 4 is 28.2 Å². The summed E-state index contributed by atoms with van der Waals surface area (Å²) in [6.45, 7) is 3.07. The lowest BCUT2D eigenvalue weighted by atomic mass is 9.97. The van der Waals surface area contributed by atoms with E-state index >= 15 is 0 Å². The van der Waals surface area contributed by atoms with E-state index in [-0.39, 0.29) is 11.4 Å². The number of nitrogens with zero attached hydrogens (tertiary/aromatic N) is 3. The van der Waals surface area contributed by atoms with Crippen LogP contribution in [0.15, 0.2) is 53.7 Å². The molecule has 1 spiro atoms. The number of quaternary nitrogens is 1. The average molecular weight is 463 g/mol. The molecule has 0 bridgehead atoms. The minimum atomic E-state index is -0.256. The molecule has 1 unspecified atom stereocenters. The van der Waals surface area contributed by atoms with Crippen molar-refractivity contribution < 1.29 is 14.8 Å². The molecule has 1 aromatic heterocycles. The van der Waals surface area contributed by atoms with Crippen LogP contribution in [0.25, 0.3) is 10.9 Å². The summed E-state index contributed by atoms with van der Waals surface area (Å²) in [7, 11) is 5.31. The SMILES string of the molecule is C[NH2+]/C=C1/C=C(NC(=O)c2ccc(N3CCC4(CCCN4)C3)c3cn(C)nc23)C(OC)=CC1=N. The van der Waals surface area contributed by atoms with E-state index in [9.17, 15) is 4.79 Å². The van der Waals surface area contributed by atoms with E-state index in [1.807, 2.05) is 43.9 Å². The Balaban J connectivity index is 1.45. The number of ether oxygens (including phenoxy) is 1. The number of amides is 1. The van der Waals surface area contributed by atoms with Gasteiger partial charge in [0.2, 0.25) is 0 Å². The van der Waals surface area contributed by atoms with Crippen molar-refractivity contribution in [3.63, 3.8) is 0 Å². The zero-order valence-electron chi connectivity index (χ0n) is 19.9. The van der Waals surface area contributed by atoms with Gasteiger partial charge < -0.3 is 25.6 Å². The van der Waals surface area contributed by atoms with Crippen LogP contribution in [0.4, 0.5) is 5.69 Å². The van der Waals surface area contributed by atoms with Crippen LogP contribution in [0.1, 0.15) is 29.6 Å². The highest BCUT2D eigenvalue weighted by molar-refractivity contribution is 6.12. The Morgan fingerprint density at radius 2 is 2.21 bits per heavy atom. The molecule has 1 amide bonds. The number of hydrogen-bond donors (Lipinski definition) is 4. The van der Waals surface area contributed by atoms with Gasteiger partial charge in [-0.3, -0.25) is 14.9 Å². The lowest BCUT2D eigenvalue weighted by molar-refractivity contribution is -0.556. The minimum Gasteiger partial charge on any atom is -0.494 e. The molecule has 2 aromatic rings. The zero-order chi connectivity index (χ0) is 23.9. The topological polar surface area (TPSA) is 112 Å². The highest BCUT2D eigenvalue weighted by Crippen LogP contribution is 2.37. The number of rotatable bonds is 5. The van der Waals surface area contributed by atoms with Crippen LogP contribution in [0.3, 0.4) is 0 Å². The van der Waals surface area contributed by atoms with Crippen molar-refractivity contribution in [2.75, 3.05) is 38.7 Å². The van der Waals surface area contributed by atoms with E-state index in [1.165, 1.54) is 20.0 Å². The third-order valence-corrected chi connectivity index (χ3v) is 7.01. The van der Waals surface area contributed by atoms with E-state index in [4.69, 9.17) is 10.1 Å². The molecule has 1 aliphatic carbocycles. The van der Waals surface area contributed by atoms with E-state index < -0.39 is 0 Å². The Bertz CT molecular complexity index is 1250. The molecule has 1 atom stereocenters. The Hall–Kier alpha value is -3.43. The fraction of sp³-hybridized carbons (Fsp3) is 0.400. The van der Waals surface area contributed by atoms with Crippen molar-refractivity contribution in [3.05, 3.63) is 59.3 Å². The summed E-state index contributed by atoms with van der Waals surface area (Å²) in [5.41, 5.74) is 4.11. The van der Waals surface area contributed by atoms with E-state index in [2.05, 4.69) is 20.6 Å². The van der Waals surface area contributed by atoms with E-state index in [1.54, 1.807) is 16.8 Å². The van der Waals surface area contributed by atoms with Crippen LogP contribution < -0.4 is 20.9 Å². The number of nitrogens with one attached hydrogen (secondary N) is 3. The first kappa shape index (κ1) is 22.4. The predicted octanol–water partition coefficient (Wildman–Crippen LogP) is 1.16. The van der Waals surface area contributed by atoms with Crippen LogP contribution in [0.5, 0.6) is 0 Å². The second-order valence-corrected chi connectivity index (χ2v) is 9.27. The molecule has 9 heteroatoms. The highest BCUT2D eigenvalue weighted by Gasteiger charge is 2.40. The van der Waals surface area contributed by atoms with Gasteiger partial charge in [-0.25, -0.2) is 0 Å². The van der Waals surface area contributed by atoms with E-state index in [0.717, 1.165) is 37.1 Å². The van der Waals surface area contributed by atoms with Gasteiger partial charge in [0.15, 0.2) is 0 Å². The number of anilines is 1. The quantitative estimate of drug-likeness (QED) is 0.533. The lowest BCUT2D eigenvalue weighted by Gasteiger charge is -2.26. The van der Waals surface area contributed by atoms with Gasteiger partial charge in [-0.15, -0.1) is 0 Å². The van der Waals surface area contributed by atoms with Crippen LogP contribution in [-0.4, -0.2) is 60.7 Å². The summed E-state index contributed by atoms with van der Waals surface area (Å²) in [6.07, 6.45) is 10.8. The first-order valence-electron chi connectivity index (χ1n) is 11.8. The number of hydrogen-bond acceptors (Lipinski definition) is 6. The molecule has 5 rings (SSSR count). The Kier molecular flexibility index (Phi) is 5.75. The Labute approximate surface area is 199 Å². The standard InChI is InChI=1S/C25H31N7O2/c1-27-13-16-11-20(22(34-3)12-19(16)26)29-24(33)17-5-6-21(18-14-31(2)30-23(17)18)32-10-8-25(15-32)7-4-9-28-25/h5-6,11-14,26-28H,4,7-10,15H2,1-3H3,(H,29,33)/p+1/b16-13-,26-19?. The monoisotopic (exact) mass is 462 g/mol. The molecule has 34 heavy (non-hydrogen) atoms. The molecule has 178 valence electrons. The third-order valence-electron chi connectivity index (χ3n) is 7.01. The average Bonchev–Trinajstić information content (AvgIpc) is 3.55. The number of nitrogens with two attached hydrogens (primary N) is 1. The van der Waals surface area contributed by atoms with Crippen molar-refractivity contribution in [2.45, 2.75) is 24.8 Å². The maximum Gasteiger partial charge on any atom is 0.258 e. The smallest absolute Gasteiger partial charge is 0.258 e. The van der Waals surface area contributed by atoms with Gasteiger partial charge in [0.25, 0.3) is 5.91 Å². The van der Waals surface area contributed by atoms with Crippen molar-refractivity contribution in [3.8, 4) is 0 Å². The number of benzene rings is 1. The molecular formula is C25H32N7O2+. The highest BCUT2D eigenvalue weighted by atomic mass is 16.5. The molecule has 1 aromatic carbocycles. The zero-order valence-corrected chi connectivity index (χ0v) is 19.9. The largest absolute Gasteiger partial charge is 0.494 e. The molecular weight excluding hydrogens is 430 g/mol. The maximum atomic E-state index is 13.4. The van der Waals surface area contributed by atoms with Crippen molar-refractivity contribution in [1.29, 1.82) is 5.41 Å². The first-order valence-corrected chi connectivity index (χ1v) is 11.8. The Morgan fingerprint density at radius 3 is 2.94 bits per heavy atom. The molecule has 2 aliphatic heterocycles. The molecule has 3 aliphatic rings. The van der Waals surface area contributed by atoms with Crippen LogP contribution >= 0.6 is 0 Å². The molecule has 5 N–H and O–H groups in total. The predicted molar refractivity (Wildman–Crippen MR) is 132 cm³/mol. The minimum absolute atomic E-state index is 0.218. The van der Waals surface area contributed by atoms with E-state index in [0.29, 0.717) is 33.8 Å². The van der Waals surface area contributed by atoms with Gasteiger partial charge in [0.1, 0.15) is 17.5 Å². The van der Waals surface area contributed by atoms with Gasteiger partial charge >= 0.3 is 0 Å². The number of fused-ring (bicyclic) bond motifs is 1. The summed E-state index contributed by atoms with van der Waals surface area (Å²) in [4.78, 5) is 15.8. The van der Waals surface area contributed by atoms with Crippen molar-refractivity contribution in [1.82, 2.24) is 20.4 Å². The lowest BCUT2D eigenvalue weighted by Crippen LogP contribution is -2.73. The molecule has 9 nitrogen and oxygen atoms in total. The molecule has 2 saturated heterocycles. The number of carbonyl (C=O) groups is 1. The summed E-state index contributed by atoms with van der Waals surface area (Å²) < 4.78 is 7.20. The molecule has 0 radical (unpaired) electrons. The number of aryl methyl sites for hydroxylation is 1. The van der Waals surface area contributed by atoms with Crippen LogP contribution in [0.2, 0.25) is 0 Å². The number of methoxy groups -OCH3 is 1. The van der Waals surface area contributed by atoms with Gasteiger partial charge in [0, 0.05) is 49.0 Å². The van der Waals surface area contributed by atoms with Gasteiger partial charge in [0.05, 0.1) is 36.7 Å². The molecule has 3 heterocycles. The summed E-state index contributed by atoms with van der Waals surface area (Å²) in [5, 5.41) is 22.4. The number of carbonyl (C=O) groups excluding carboxylic acids is 1. The number of aromatic nitrogens is 2. The summed E-state index contributed by atoms with van der Waals surface area (Å²) >= 11 is 0. The van der Waals surface area contributed by atoms with Gasteiger partial charge in [-0.2, -0.15) is 5.10 Å². The summed E-state index contributed by atoms with van der Waals surface area (Å²) in [5.74, 6) is 0.194. The second kappa shape index (κ2) is 8.73. The van der Waals surface area contributed by atoms with Gasteiger partial charge in [-0.05, 0) is 44.0 Å². The summed E-state index contributed by atoms with van der Waals surface area (Å²) in [6, 6.07) is 3.91. The third kappa shape index (κ3) is 3.91.